The van der Waals surface area contributed by atoms with Crippen molar-refractivity contribution in [3.8, 4) is 0 Å². The molecule has 0 saturated heterocycles. The number of hydrogen-bond acceptors (Lipinski definition) is 4. The fourth-order valence-corrected chi connectivity index (χ4v) is 3.82. The van der Waals surface area contributed by atoms with Crippen molar-refractivity contribution in [1.82, 2.24) is 4.31 Å². The minimum Gasteiger partial charge on any atom is -0.228 e. The minimum absolute atomic E-state index is 0.148. The van der Waals surface area contributed by atoms with Gasteiger partial charge >= 0.3 is 0 Å². The van der Waals surface area contributed by atoms with Gasteiger partial charge in [-0.3, -0.25) is 0 Å². The van der Waals surface area contributed by atoms with Crippen molar-refractivity contribution in [3.05, 3.63) is 29.8 Å². The molecular weight excluding hydrogens is 288 g/mol. The highest BCUT2D eigenvalue weighted by Gasteiger charge is 2.21. The van der Waals surface area contributed by atoms with E-state index in [1.165, 1.54) is 28.6 Å². The van der Waals surface area contributed by atoms with Crippen molar-refractivity contribution < 1.29 is 16.8 Å². The molecule has 0 atom stereocenters. The Bertz CT molecular complexity index is 617. The molecule has 6 nitrogen and oxygen atoms in total. The Kier molecular flexibility index (Phi) is 5.08. The Morgan fingerprint density at radius 2 is 1.47 bits per heavy atom. The topological polar surface area (TPSA) is 97.5 Å². The Hall–Kier alpha value is -0.960. The lowest BCUT2D eigenvalue weighted by Gasteiger charge is -2.18. The van der Waals surface area contributed by atoms with Crippen LogP contribution in [0.3, 0.4) is 0 Å². The molecule has 1 rings (SSSR count). The van der Waals surface area contributed by atoms with Crippen LogP contribution in [0.2, 0.25) is 0 Å². The summed E-state index contributed by atoms with van der Waals surface area (Å²) in [5.41, 5.74) is 0.459. The van der Waals surface area contributed by atoms with Crippen LogP contribution in [0.15, 0.2) is 29.2 Å². The number of sulfonamides is 2. The third-order valence-corrected chi connectivity index (χ3v) is 5.43. The van der Waals surface area contributed by atoms with Gasteiger partial charge in [0.2, 0.25) is 20.0 Å². The summed E-state index contributed by atoms with van der Waals surface area (Å²) in [7, 11) is -7.12. The first kappa shape index (κ1) is 16.1. The van der Waals surface area contributed by atoms with Crippen LogP contribution in [0.25, 0.3) is 0 Å². The van der Waals surface area contributed by atoms with E-state index < -0.39 is 20.0 Å². The lowest BCUT2D eigenvalue weighted by Crippen LogP contribution is -2.30. The van der Waals surface area contributed by atoms with Crippen molar-refractivity contribution >= 4 is 20.0 Å². The Balaban J connectivity index is 3.05. The summed E-state index contributed by atoms with van der Waals surface area (Å²) in [4.78, 5) is 0.148. The van der Waals surface area contributed by atoms with Crippen molar-refractivity contribution in [2.24, 2.45) is 5.14 Å². The van der Waals surface area contributed by atoms with E-state index in [0.29, 0.717) is 18.7 Å². The first-order valence-corrected chi connectivity index (χ1v) is 8.95. The highest BCUT2D eigenvalue weighted by atomic mass is 32.2. The second kappa shape index (κ2) is 6.00. The molecule has 0 bridgehead atoms. The molecule has 108 valence electrons. The molecule has 0 fully saturated rings. The SMILES string of the molecule is CCN(CC)S(=O)(=O)c1ccc(CS(N)(=O)=O)cc1. The van der Waals surface area contributed by atoms with Gasteiger partial charge in [-0.15, -0.1) is 0 Å². The molecule has 8 heteroatoms. The summed E-state index contributed by atoms with van der Waals surface area (Å²) >= 11 is 0. The number of rotatable bonds is 6. The van der Waals surface area contributed by atoms with Crippen molar-refractivity contribution in [2.75, 3.05) is 13.1 Å². The van der Waals surface area contributed by atoms with Crippen molar-refractivity contribution in [2.45, 2.75) is 24.5 Å². The van der Waals surface area contributed by atoms with E-state index in [1.54, 1.807) is 13.8 Å². The molecule has 1 aromatic carbocycles. The predicted octanol–water partition coefficient (Wildman–Crippen LogP) is 0.506. The zero-order valence-electron chi connectivity index (χ0n) is 10.9. The van der Waals surface area contributed by atoms with Crippen LogP contribution in [0.5, 0.6) is 0 Å². The largest absolute Gasteiger partial charge is 0.243 e. The Morgan fingerprint density at radius 1 is 1.00 bits per heavy atom. The average Bonchev–Trinajstić information content (AvgIpc) is 2.28. The van der Waals surface area contributed by atoms with Gasteiger partial charge in [-0.2, -0.15) is 4.31 Å². The van der Waals surface area contributed by atoms with Gasteiger partial charge in [-0.05, 0) is 17.7 Å². The second-order valence-corrected chi connectivity index (χ2v) is 7.59. The summed E-state index contributed by atoms with van der Waals surface area (Å²) in [5, 5.41) is 4.93. The molecule has 2 N–H and O–H groups in total. The third-order valence-electron chi connectivity index (χ3n) is 2.63. The molecule has 0 saturated carbocycles. The van der Waals surface area contributed by atoms with Gasteiger partial charge in [0.05, 0.1) is 10.6 Å². The molecule has 0 aromatic heterocycles. The van der Waals surface area contributed by atoms with Gasteiger partial charge in [0.25, 0.3) is 0 Å². The van der Waals surface area contributed by atoms with Gasteiger partial charge < -0.3 is 0 Å². The second-order valence-electron chi connectivity index (χ2n) is 4.04. The maximum absolute atomic E-state index is 12.2. The number of benzene rings is 1. The first-order valence-electron chi connectivity index (χ1n) is 5.80. The molecule has 19 heavy (non-hydrogen) atoms. The summed E-state index contributed by atoms with van der Waals surface area (Å²) in [6, 6.07) is 5.71. The Morgan fingerprint density at radius 3 is 1.84 bits per heavy atom. The molecule has 0 heterocycles. The first-order chi connectivity index (χ1) is 8.70. The van der Waals surface area contributed by atoms with E-state index in [-0.39, 0.29) is 10.6 Å². The smallest absolute Gasteiger partial charge is 0.228 e. The number of nitrogens with zero attached hydrogens (tertiary/aromatic N) is 1. The van der Waals surface area contributed by atoms with Crippen LogP contribution in [-0.4, -0.2) is 34.2 Å². The van der Waals surface area contributed by atoms with Crippen LogP contribution in [0.1, 0.15) is 19.4 Å². The number of primary sulfonamides is 1. The van der Waals surface area contributed by atoms with E-state index in [1.807, 2.05) is 0 Å². The normalized spacial score (nSPS) is 12.8. The molecule has 0 unspecified atom stereocenters. The lowest BCUT2D eigenvalue weighted by molar-refractivity contribution is 0.445. The highest BCUT2D eigenvalue weighted by Crippen LogP contribution is 2.16. The summed E-state index contributed by atoms with van der Waals surface area (Å²) in [5.74, 6) is -0.307. The summed E-state index contributed by atoms with van der Waals surface area (Å²) < 4.78 is 47.6. The van der Waals surface area contributed by atoms with Gasteiger partial charge in [0.1, 0.15) is 0 Å². The van der Waals surface area contributed by atoms with Crippen molar-refractivity contribution in [3.63, 3.8) is 0 Å². The molecule has 0 spiro atoms. The molecule has 0 aliphatic carbocycles. The molecule has 0 radical (unpaired) electrons. The van der Waals surface area contributed by atoms with E-state index >= 15 is 0 Å². The molecule has 0 amide bonds. The van der Waals surface area contributed by atoms with Crippen molar-refractivity contribution in [1.29, 1.82) is 0 Å². The lowest BCUT2D eigenvalue weighted by atomic mass is 10.2. The standard InChI is InChI=1S/C11H18N2O4S2/c1-3-13(4-2)19(16,17)11-7-5-10(6-8-11)9-18(12,14)15/h5-8H,3-4,9H2,1-2H3,(H2,12,14,15). The fraction of sp³-hybridized carbons (Fsp3) is 0.455. The van der Waals surface area contributed by atoms with Gasteiger partial charge in [-0.1, -0.05) is 26.0 Å². The summed E-state index contributed by atoms with van der Waals surface area (Å²) in [6.07, 6.45) is 0. The monoisotopic (exact) mass is 306 g/mol. The van der Waals surface area contributed by atoms with Gasteiger partial charge in [-0.25, -0.2) is 22.0 Å². The van der Waals surface area contributed by atoms with E-state index in [0.717, 1.165) is 0 Å². The quantitative estimate of drug-likeness (QED) is 0.827. The fourth-order valence-electron chi connectivity index (χ4n) is 1.70. The van der Waals surface area contributed by atoms with Gasteiger partial charge in [0, 0.05) is 13.1 Å². The molecule has 0 aliphatic heterocycles. The molecular formula is C11H18N2O4S2. The van der Waals surface area contributed by atoms with Crippen LogP contribution in [0, 0.1) is 0 Å². The van der Waals surface area contributed by atoms with Crippen LogP contribution < -0.4 is 5.14 Å². The molecule has 1 aromatic rings. The van der Waals surface area contributed by atoms with E-state index in [2.05, 4.69) is 0 Å². The minimum atomic E-state index is -3.61. The summed E-state index contributed by atoms with van der Waals surface area (Å²) in [6.45, 7) is 4.29. The molecule has 0 aliphatic rings. The maximum Gasteiger partial charge on any atom is 0.243 e. The zero-order chi connectivity index (χ0) is 14.7. The van der Waals surface area contributed by atoms with Crippen LogP contribution in [0.4, 0.5) is 0 Å². The zero-order valence-corrected chi connectivity index (χ0v) is 12.5. The average molecular weight is 306 g/mol. The third kappa shape index (κ3) is 4.27. The number of hydrogen-bond donors (Lipinski definition) is 1. The predicted molar refractivity (Wildman–Crippen MR) is 73.4 cm³/mol. The Labute approximate surface area is 114 Å². The highest BCUT2D eigenvalue weighted by molar-refractivity contribution is 7.89. The van der Waals surface area contributed by atoms with E-state index in [4.69, 9.17) is 5.14 Å². The number of nitrogens with two attached hydrogens (primary N) is 1. The van der Waals surface area contributed by atoms with Crippen LogP contribution >= 0.6 is 0 Å². The van der Waals surface area contributed by atoms with Gasteiger partial charge in [0.15, 0.2) is 0 Å². The maximum atomic E-state index is 12.2. The van der Waals surface area contributed by atoms with Crippen LogP contribution in [-0.2, 0) is 25.8 Å². The van der Waals surface area contributed by atoms with E-state index in [9.17, 15) is 16.8 Å².